The molecule has 4 heteroatoms. The summed E-state index contributed by atoms with van der Waals surface area (Å²) in [7, 11) is 0. The van der Waals surface area contributed by atoms with Gasteiger partial charge in [0.15, 0.2) is 0 Å². The maximum atomic E-state index is 11.8. The van der Waals surface area contributed by atoms with E-state index in [0.29, 0.717) is 0 Å². The maximum absolute atomic E-state index is 11.8. The molecule has 2 rings (SSSR count). The van der Waals surface area contributed by atoms with Gasteiger partial charge < -0.3 is 4.90 Å². The topological polar surface area (TPSA) is 49.4 Å². The van der Waals surface area contributed by atoms with Crippen LogP contribution in [0.5, 0.6) is 0 Å². The molecule has 1 aliphatic heterocycles. The summed E-state index contributed by atoms with van der Waals surface area (Å²) in [6.45, 7) is 7.68. The van der Waals surface area contributed by atoms with Gasteiger partial charge in [-0.25, -0.2) is 0 Å². The number of rotatable bonds is 1. The predicted molar refractivity (Wildman–Crippen MR) is 70.5 cm³/mol. The van der Waals surface area contributed by atoms with E-state index in [9.17, 15) is 9.59 Å². The van der Waals surface area contributed by atoms with Gasteiger partial charge in [-0.1, -0.05) is 12.1 Å². The highest BCUT2D eigenvalue weighted by Crippen LogP contribution is 2.28. The molecule has 1 saturated heterocycles. The molecule has 0 bridgehead atoms. The quantitative estimate of drug-likeness (QED) is 0.765. The highest BCUT2D eigenvalue weighted by Gasteiger charge is 2.37. The Kier molecular flexibility index (Phi) is 3.11. The van der Waals surface area contributed by atoms with Crippen LogP contribution in [0.2, 0.25) is 0 Å². The predicted octanol–water partition coefficient (Wildman–Crippen LogP) is 1.54. The Morgan fingerprint density at radius 3 is 2.17 bits per heavy atom. The summed E-state index contributed by atoms with van der Waals surface area (Å²) in [4.78, 5) is 25.4. The molecular weight excluding hydrogens is 228 g/mol. The van der Waals surface area contributed by atoms with E-state index in [0.717, 1.165) is 16.8 Å². The van der Waals surface area contributed by atoms with Gasteiger partial charge in [0.1, 0.15) is 12.1 Å². The number of hydrogen-bond acceptors (Lipinski definition) is 3. The molecule has 4 nitrogen and oxygen atoms in total. The van der Waals surface area contributed by atoms with Crippen LogP contribution in [0.25, 0.3) is 0 Å². The SMILES string of the molecule is Cc1cccc(N2C(C)C(=O)NC(=O)C2C)c1C. The molecule has 1 N–H and O–H groups in total. The number of hydrogen-bond donors (Lipinski definition) is 1. The zero-order valence-corrected chi connectivity index (χ0v) is 11.2. The number of nitrogens with zero attached hydrogens (tertiary/aromatic N) is 1. The van der Waals surface area contributed by atoms with Gasteiger partial charge in [0, 0.05) is 5.69 Å². The minimum absolute atomic E-state index is 0.237. The van der Waals surface area contributed by atoms with Gasteiger partial charge in [0.05, 0.1) is 0 Å². The number of carbonyl (C=O) groups is 2. The van der Waals surface area contributed by atoms with Gasteiger partial charge in [0.2, 0.25) is 11.8 Å². The Bertz CT molecular complexity index is 491. The molecule has 2 unspecified atom stereocenters. The zero-order chi connectivity index (χ0) is 13.4. The maximum Gasteiger partial charge on any atom is 0.249 e. The van der Waals surface area contributed by atoms with Crippen LogP contribution in [0, 0.1) is 13.8 Å². The van der Waals surface area contributed by atoms with E-state index in [1.54, 1.807) is 0 Å². The van der Waals surface area contributed by atoms with Crippen molar-refractivity contribution in [2.75, 3.05) is 4.90 Å². The van der Waals surface area contributed by atoms with Gasteiger partial charge in [-0.05, 0) is 44.9 Å². The molecule has 1 aromatic carbocycles. The molecule has 1 heterocycles. The Morgan fingerprint density at radius 1 is 1.06 bits per heavy atom. The van der Waals surface area contributed by atoms with E-state index in [1.165, 1.54) is 0 Å². The second-order valence-electron chi connectivity index (χ2n) is 4.83. The molecule has 0 saturated carbocycles. The lowest BCUT2D eigenvalue weighted by atomic mass is 10.0. The van der Waals surface area contributed by atoms with E-state index < -0.39 is 0 Å². The van der Waals surface area contributed by atoms with Gasteiger partial charge in [-0.2, -0.15) is 0 Å². The van der Waals surface area contributed by atoms with Crippen LogP contribution in [-0.4, -0.2) is 23.9 Å². The van der Waals surface area contributed by atoms with Crippen LogP contribution in [0.4, 0.5) is 5.69 Å². The standard InChI is InChI=1S/C14H18N2O2/c1-8-6-5-7-12(9(8)2)16-10(3)13(17)15-14(18)11(16)4/h5-7,10-11H,1-4H3,(H,15,17,18). The minimum atomic E-state index is -0.335. The summed E-state index contributed by atoms with van der Waals surface area (Å²) in [5, 5.41) is 2.39. The van der Waals surface area contributed by atoms with Crippen molar-refractivity contribution in [2.45, 2.75) is 39.8 Å². The number of piperazine rings is 1. The average molecular weight is 246 g/mol. The van der Waals surface area contributed by atoms with Crippen molar-refractivity contribution >= 4 is 17.5 Å². The Hall–Kier alpha value is -1.84. The molecule has 0 radical (unpaired) electrons. The van der Waals surface area contributed by atoms with E-state index in [2.05, 4.69) is 5.32 Å². The Balaban J connectivity index is 2.49. The number of nitrogens with one attached hydrogen (secondary N) is 1. The second kappa shape index (κ2) is 4.44. The Morgan fingerprint density at radius 2 is 1.61 bits per heavy atom. The molecule has 0 spiro atoms. The van der Waals surface area contributed by atoms with Crippen LogP contribution in [0.3, 0.4) is 0 Å². The molecule has 1 fully saturated rings. The highest BCUT2D eigenvalue weighted by molar-refractivity contribution is 6.06. The van der Waals surface area contributed by atoms with Crippen LogP contribution in [0.1, 0.15) is 25.0 Å². The second-order valence-corrected chi connectivity index (χ2v) is 4.83. The van der Waals surface area contributed by atoms with E-state index >= 15 is 0 Å². The molecule has 1 aromatic rings. The van der Waals surface area contributed by atoms with Crippen molar-refractivity contribution < 1.29 is 9.59 Å². The summed E-state index contributed by atoms with van der Waals surface area (Å²) in [5.41, 5.74) is 3.22. The lowest BCUT2D eigenvalue weighted by Gasteiger charge is -2.39. The van der Waals surface area contributed by atoms with Crippen molar-refractivity contribution in [2.24, 2.45) is 0 Å². The molecule has 1 aliphatic rings. The summed E-state index contributed by atoms with van der Waals surface area (Å²) in [5.74, 6) is -0.474. The molecule has 0 aromatic heterocycles. The molecule has 18 heavy (non-hydrogen) atoms. The number of carbonyl (C=O) groups excluding carboxylic acids is 2. The fourth-order valence-corrected chi connectivity index (χ4v) is 2.35. The normalized spacial score (nSPS) is 24.1. The van der Waals surface area contributed by atoms with E-state index in [4.69, 9.17) is 0 Å². The first kappa shape index (κ1) is 12.6. The summed E-state index contributed by atoms with van der Waals surface area (Å²) < 4.78 is 0. The number of amides is 2. The number of anilines is 1. The van der Waals surface area contributed by atoms with Crippen molar-refractivity contribution in [1.82, 2.24) is 5.32 Å². The first-order chi connectivity index (χ1) is 8.43. The van der Waals surface area contributed by atoms with Gasteiger partial charge >= 0.3 is 0 Å². The third-order valence-corrected chi connectivity index (χ3v) is 3.69. The summed E-state index contributed by atoms with van der Waals surface area (Å²) in [6, 6.07) is 5.27. The number of aryl methyl sites for hydroxylation is 1. The first-order valence-electron chi connectivity index (χ1n) is 6.12. The zero-order valence-electron chi connectivity index (χ0n) is 11.2. The molecule has 2 atom stereocenters. The summed E-state index contributed by atoms with van der Waals surface area (Å²) >= 11 is 0. The third-order valence-electron chi connectivity index (χ3n) is 3.69. The fourth-order valence-electron chi connectivity index (χ4n) is 2.35. The van der Waals surface area contributed by atoms with Crippen LogP contribution < -0.4 is 10.2 Å². The largest absolute Gasteiger partial charge is 0.348 e. The monoisotopic (exact) mass is 246 g/mol. The molecule has 2 amide bonds. The first-order valence-corrected chi connectivity index (χ1v) is 6.12. The lowest BCUT2D eigenvalue weighted by Crippen LogP contribution is -2.62. The highest BCUT2D eigenvalue weighted by atomic mass is 16.2. The van der Waals surface area contributed by atoms with Crippen molar-refractivity contribution in [3.63, 3.8) is 0 Å². The third kappa shape index (κ3) is 1.88. The molecule has 96 valence electrons. The van der Waals surface area contributed by atoms with Crippen molar-refractivity contribution in [3.8, 4) is 0 Å². The van der Waals surface area contributed by atoms with Crippen LogP contribution in [-0.2, 0) is 9.59 Å². The van der Waals surface area contributed by atoms with Crippen molar-refractivity contribution in [1.29, 1.82) is 0 Å². The van der Waals surface area contributed by atoms with Gasteiger partial charge in [0.25, 0.3) is 0 Å². The van der Waals surface area contributed by atoms with E-state index in [1.807, 2.05) is 50.8 Å². The van der Waals surface area contributed by atoms with Gasteiger partial charge in [-0.3, -0.25) is 14.9 Å². The van der Waals surface area contributed by atoms with Gasteiger partial charge in [-0.15, -0.1) is 0 Å². The Labute approximate surface area is 107 Å². The molecular formula is C14H18N2O2. The minimum Gasteiger partial charge on any atom is -0.348 e. The molecule has 0 aliphatic carbocycles. The fraction of sp³-hybridized carbons (Fsp3) is 0.429. The van der Waals surface area contributed by atoms with E-state index in [-0.39, 0.29) is 23.9 Å². The van der Waals surface area contributed by atoms with Crippen molar-refractivity contribution in [3.05, 3.63) is 29.3 Å². The number of imide groups is 1. The van der Waals surface area contributed by atoms with Crippen LogP contribution in [0.15, 0.2) is 18.2 Å². The summed E-state index contributed by atoms with van der Waals surface area (Å²) in [6.07, 6.45) is 0. The lowest BCUT2D eigenvalue weighted by molar-refractivity contribution is -0.134. The van der Waals surface area contributed by atoms with Crippen LogP contribution >= 0.6 is 0 Å². The number of benzene rings is 1. The average Bonchev–Trinajstić information content (AvgIpc) is 2.32. The smallest absolute Gasteiger partial charge is 0.249 e.